The van der Waals surface area contributed by atoms with E-state index in [2.05, 4.69) is 16.0 Å². The fourth-order valence-corrected chi connectivity index (χ4v) is 2.01. The van der Waals surface area contributed by atoms with Crippen LogP contribution in [-0.2, 0) is 4.79 Å². The smallest absolute Gasteiger partial charge is 0.316 e. The van der Waals surface area contributed by atoms with E-state index in [9.17, 15) is 14.4 Å². The maximum Gasteiger partial charge on any atom is 0.316 e. The van der Waals surface area contributed by atoms with Gasteiger partial charge in [-0.25, -0.2) is 4.79 Å². The summed E-state index contributed by atoms with van der Waals surface area (Å²) in [5.41, 5.74) is 7.12. The highest BCUT2D eigenvalue weighted by atomic mass is 16.2. The molecule has 130 valence electrons. The van der Waals surface area contributed by atoms with Crippen LogP contribution < -0.4 is 21.7 Å². The number of anilines is 3. The standard InChI is InChI=1S/C18H20N4O3/c1-11(2)16(23)20-13-6-8-14(9-7-13)21-17(24)12-4-3-5-15(10-12)22-18(19)25/h3-11H,1-2H3,(H,20,23)(H,21,24)(H3,19,22,25). The summed E-state index contributed by atoms with van der Waals surface area (Å²) in [4.78, 5) is 34.8. The molecule has 2 aromatic carbocycles. The van der Waals surface area contributed by atoms with Crippen molar-refractivity contribution in [3.05, 3.63) is 54.1 Å². The van der Waals surface area contributed by atoms with E-state index in [0.29, 0.717) is 22.6 Å². The molecular formula is C18H20N4O3. The van der Waals surface area contributed by atoms with Crippen LogP contribution in [0.4, 0.5) is 21.9 Å². The third kappa shape index (κ3) is 5.35. The predicted octanol–water partition coefficient (Wildman–Crippen LogP) is 3.02. The first kappa shape index (κ1) is 18.0. The third-order valence-electron chi connectivity index (χ3n) is 3.33. The third-order valence-corrected chi connectivity index (χ3v) is 3.33. The van der Waals surface area contributed by atoms with Gasteiger partial charge in [0.2, 0.25) is 5.91 Å². The van der Waals surface area contributed by atoms with E-state index in [4.69, 9.17) is 5.73 Å². The molecule has 25 heavy (non-hydrogen) atoms. The zero-order valence-corrected chi connectivity index (χ0v) is 14.0. The largest absolute Gasteiger partial charge is 0.351 e. The van der Waals surface area contributed by atoms with Crippen LogP contribution >= 0.6 is 0 Å². The SMILES string of the molecule is CC(C)C(=O)Nc1ccc(NC(=O)c2cccc(NC(N)=O)c2)cc1. The molecule has 2 rings (SSSR count). The molecule has 2 aromatic rings. The van der Waals surface area contributed by atoms with Gasteiger partial charge < -0.3 is 21.7 Å². The molecule has 0 aromatic heterocycles. The summed E-state index contributed by atoms with van der Waals surface area (Å²) in [7, 11) is 0. The van der Waals surface area contributed by atoms with Gasteiger partial charge in [-0.05, 0) is 42.5 Å². The number of hydrogen-bond acceptors (Lipinski definition) is 3. The lowest BCUT2D eigenvalue weighted by Gasteiger charge is -2.10. The van der Waals surface area contributed by atoms with Gasteiger partial charge in [-0.15, -0.1) is 0 Å². The number of amides is 4. The summed E-state index contributed by atoms with van der Waals surface area (Å²) in [6.07, 6.45) is 0. The van der Waals surface area contributed by atoms with Crippen molar-refractivity contribution in [1.82, 2.24) is 0 Å². The van der Waals surface area contributed by atoms with Crippen LogP contribution in [0.1, 0.15) is 24.2 Å². The minimum atomic E-state index is -0.698. The van der Waals surface area contributed by atoms with E-state index in [1.807, 2.05) is 13.8 Å². The van der Waals surface area contributed by atoms with E-state index >= 15 is 0 Å². The van der Waals surface area contributed by atoms with Gasteiger partial charge in [-0.3, -0.25) is 9.59 Å². The predicted molar refractivity (Wildman–Crippen MR) is 97.5 cm³/mol. The minimum Gasteiger partial charge on any atom is -0.351 e. The summed E-state index contributed by atoms with van der Waals surface area (Å²) in [6, 6.07) is 12.5. The van der Waals surface area contributed by atoms with E-state index in [-0.39, 0.29) is 17.7 Å². The topological polar surface area (TPSA) is 113 Å². The highest BCUT2D eigenvalue weighted by Gasteiger charge is 2.09. The maximum atomic E-state index is 12.3. The monoisotopic (exact) mass is 340 g/mol. The lowest BCUT2D eigenvalue weighted by molar-refractivity contribution is -0.118. The molecule has 0 aliphatic heterocycles. The van der Waals surface area contributed by atoms with Gasteiger partial charge >= 0.3 is 6.03 Å². The molecule has 0 aliphatic carbocycles. The molecule has 0 atom stereocenters. The summed E-state index contributed by atoms with van der Waals surface area (Å²) in [5, 5.41) is 7.94. The molecule has 0 unspecified atom stereocenters. The number of urea groups is 1. The van der Waals surface area contributed by atoms with Gasteiger partial charge in [0.1, 0.15) is 0 Å². The maximum absolute atomic E-state index is 12.3. The number of rotatable bonds is 5. The number of hydrogen-bond donors (Lipinski definition) is 4. The Morgan fingerprint density at radius 3 is 2.00 bits per heavy atom. The molecule has 0 bridgehead atoms. The van der Waals surface area contributed by atoms with Crippen LogP contribution in [0.2, 0.25) is 0 Å². The van der Waals surface area contributed by atoms with Gasteiger partial charge in [-0.1, -0.05) is 19.9 Å². The number of primary amides is 1. The molecule has 0 radical (unpaired) electrons. The van der Waals surface area contributed by atoms with E-state index < -0.39 is 6.03 Å². The number of carbonyl (C=O) groups excluding carboxylic acids is 3. The van der Waals surface area contributed by atoms with E-state index in [1.165, 1.54) is 6.07 Å². The van der Waals surface area contributed by atoms with Crippen molar-refractivity contribution >= 4 is 34.9 Å². The second-order valence-corrected chi connectivity index (χ2v) is 5.75. The van der Waals surface area contributed by atoms with Crippen LogP contribution in [0.5, 0.6) is 0 Å². The summed E-state index contributed by atoms with van der Waals surface area (Å²) >= 11 is 0. The zero-order valence-electron chi connectivity index (χ0n) is 14.0. The first-order chi connectivity index (χ1) is 11.8. The van der Waals surface area contributed by atoms with Crippen molar-refractivity contribution in [2.45, 2.75) is 13.8 Å². The average Bonchev–Trinajstić information content (AvgIpc) is 2.56. The molecule has 7 nitrogen and oxygen atoms in total. The zero-order chi connectivity index (χ0) is 18.4. The molecule has 7 heteroatoms. The fourth-order valence-electron chi connectivity index (χ4n) is 2.01. The molecule has 0 spiro atoms. The van der Waals surface area contributed by atoms with Crippen LogP contribution in [0.25, 0.3) is 0 Å². The molecule has 0 fully saturated rings. The van der Waals surface area contributed by atoms with E-state index in [1.54, 1.807) is 42.5 Å². The lowest BCUT2D eigenvalue weighted by atomic mass is 10.1. The molecule has 0 saturated carbocycles. The van der Waals surface area contributed by atoms with Crippen LogP contribution in [0.3, 0.4) is 0 Å². The summed E-state index contributed by atoms with van der Waals surface area (Å²) in [5.74, 6) is -0.511. The number of nitrogens with one attached hydrogen (secondary N) is 3. The normalized spacial score (nSPS) is 10.2. The molecule has 0 saturated heterocycles. The van der Waals surface area contributed by atoms with Gasteiger partial charge in [0.15, 0.2) is 0 Å². The van der Waals surface area contributed by atoms with Crippen LogP contribution in [0.15, 0.2) is 48.5 Å². The minimum absolute atomic E-state index is 0.0736. The summed E-state index contributed by atoms with van der Waals surface area (Å²) < 4.78 is 0. The van der Waals surface area contributed by atoms with Gasteiger partial charge in [-0.2, -0.15) is 0 Å². The summed E-state index contributed by atoms with van der Waals surface area (Å²) in [6.45, 7) is 3.62. The first-order valence-electron chi connectivity index (χ1n) is 7.74. The van der Waals surface area contributed by atoms with E-state index in [0.717, 1.165) is 0 Å². The Balaban J connectivity index is 2.03. The fraction of sp³-hybridized carbons (Fsp3) is 0.167. The van der Waals surface area contributed by atoms with Crippen LogP contribution in [-0.4, -0.2) is 17.8 Å². The van der Waals surface area contributed by atoms with Crippen molar-refractivity contribution in [3.8, 4) is 0 Å². The van der Waals surface area contributed by atoms with Crippen molar-refractivity contribution < 1.29 is 14.4 Å². The van der Waals surface area contributed by atoms with Crippen molar-refractivity contribution in [3.63, 3.8) is 0 Å². The van der Waals surface area contributed by atoms with Gasteiger partial charge in [0.05, 0.1) is 0 Å². The molecule has 4 amide bonds. The quantitative estimate of drug-likeness (QED) is 0.671. The Kier molecular flexibility index (Phi) is 5.73. The van der Waals surface area contributed by atoms with Crippen molar-refractivity contribution in [1.29, 1.82) is 0 Å². The van der Waals surface area contributed by atoms with Gasteiger partial charge in [0, 0.05) is 28.5 Å². The van der Waals surface area contributed by atoms with Crippen molar-refractivity contribution in [2.75, 3.05) is 16.0 Å². The Bertz CT molecular complexity index is 785. The highest BCUT2D eigenvalue weighted by Crippen LogP contribution is 2.17. The van der Waals surface area contributed by atoms with Gasteiger partial charge in [0.25, 0.3) is 5.91 Å². The van der Waals surface area contributed by atoms with Crippen molar-refractivity contribution in [2.24, 2.45) is 11.7 Å². The number of benzene rings is 2. The Labute approximate surface area is 145 Å². The molecule has 0 heterocycles. The Hall–Kier alpha value is -3.35. The second-order valence-electron chi connectivity index (χ2n) is 5.75. The highest BCUT2D eigenvalue weighted by molar-refractivity contribution is 6.05. The molecule has 5 N–H and O–H groups in total. The Morgan fingerprint density at radius 2 is 1.44 bits per heavy atom. The number of carbonyl (C=O) groups is 3. The lowest BCUT2D eigenvalue weighted by Crippen LogP contribution is -2.20. The molecule has 0 aliphatic rings. The average molecular weight is 340 g/mol. The van der Waals surface area contributed by atoms with Crippen LogP contribution in [0, 0.1) is 5.92 Å². The molecular weight excluding hydrogens is 320 g/mol. The first-order valence-corrected chi connectivity index (χ1v) is 7.74. The Morgan fingerprint density at radius 1 is 0.840 bits per heavy atom. The second kappa shape index (κ2) is 7.96. The number of nitrogens with two attached hydrogens (primary N) is 1.